The van der Waals surface area contributed by atoms with Crippen molar-refractivity contribution in [3.63, 3.8) is 0 Å². The molecule has 1 heterocycles. The quantitative estimate of drug-likeness (QED) is 0.673. The number of hydrogen-bond acceptors (Lipinski definition) is 5. The number of carbonyl (C=O) groups excluding carboxylic acids is 3. The molecule has 1 unspecified atom stereocenters. The van der Waals surface area contributed by atoms with Crippen molar-refractivity contribution in [2.75, 3.05) is 30.6 Å². The third kappa shape index (κ3) is 5.22. The number of esters is 1. The van der Waals surface area contributed by atoms with Crippen molar-refractivity contribution >= 4 is 51.2 Å². The number of nitrogens with zero attached hydrogens (tertiary/aromatic N) is 1. The Kier molecular flexibility index (Phi) is 7.31. The highest BCUT2D eigenvalue weighted by molar-refractivity contribution is 9.10. The molecule has 8 heteroatoms. The first-order chi connectivity index (χ1) is 12.0. The molecule has 0 aromatic heterocycles. The van der Waals surface area contributed by atoms with Gasteiger partial charge in [-0.3, -0.25) is 9.59 Å². The largest absolute Gasteiger partial charge is 0.467 e. The summed E-state index contributed by atoms with van der Waals surface area (Å²) in [5, 5.41) is 2.73. The lowest BCUT2D eigenvalue weighted by molar-refractivity contribution is -0.145. The maximum atomic E-state index is 12.5. The van der Waals surface area contributed by atoms with E-state index in [1.807, 2.05) is 30.5 Å². The second-order valence-corrected chi connectivity index (χ2v) is 7.65. The van der Waals surface area contributed by atoms with Gasteiger partial charge in [0.25, 0.3) is 0 Å². The van der Waals surface area contributed by atoms with Crippen LogP contribution in [0.4, 0.5) is 5.69 Å². The molecule has 2 rings (SSSR count). The third-order valence-electron chi connectivity index (χ3n) is 4.05. The van der Waals surface area contributed by atoms with Crippen LogP contribution in [0.1, 0.15) is 12.8 Å². The zero-order chi connectivity index (χ0) is 18.4. The zero-order valence-electron chi connectivity index (χ0n) is 14.2. The number of rotatable bonds is 7. The lowest BCUT2D eigenvalue weighted by Gasteiger charge is -2.19. The first kappa shape index (κ1) is 19.8. The van der Waals surface area contributed by atoms with E-state index in [9.17, 15) is 14.4 Å². The van der Waals surface area contributed by atoms with Gasteiger partial charge in [0.2, 0.25) is 11.8 Å². The minimum absolute atomic E-state index is 0.0961. The molecule has 1 N–H and O–H groups in total. The predicted octanol–water partition coefficient (Wildman–Crippen LogP) is 2.21. The minimum atomic E-state index is -0.679. The summed E-state index contributed by atoms with van der Waals surface area (Å²) in [5.41, 5.74) is 0.760. The highest BCUT2D eigenvalue weighted by Gasteiger charge is 2.36. The summed E-state index contributed by atoms with van der Waals surface area (Å²) in [6.07, 6.45) is 2.57. The normalized spacial score (nSPS) is 18.1. The molecular weight excluding hydrogens is 408 g/mol. The Labute approximate surface area is 159 Å². The number of hydrogen-bond donors (Lipinski definition) is 1. The molecule has 1 saturated heterocycles. The molecular formula is C17H21BrN2O4S. The van der Waals surface area contributed by atoms with E-state index < -0.39 is 17.9 Å². The van der Waals surface area contributed by atoms with Gasteiger partial charge in [-0.15, -0.1) is 0 Å². The van der Waals surface area contributed by atoms with Crippen LogP contribution in [0, 0.1) is 5.92 Å². The van der Waals surface area contributed by atoms with E-state index in [4.69, 9.17) is 4.74 Å². The van der Waals surface area contributed by atoms with Gasteiger partial charge in [-0.2, -0.15) is 11.8 Å². The average molecular weight is 429 g/mol. The summed E-state index contributed by atoms with van der Waals surface area (Å²) < 4.78 is 5.67. The van der Waals surface area contributed by atoms with Gasteiger partial charge >= 0.3 is 5.97 Å². The summed E-state index contributed by atoms with van der Waals surface area (Å²) in [7, 11) is 1.30. The standard InChI is InChI=1S/C17H21BrN2O4S/c1-24-17(23)14(7-8-25-2)19-16(22)11-9-15(21)20(10-11)13-5-3-12(18)4-6-13/h3-6,11,14H,7-10H2,1-2H3,(H,19,22)/t11?,14-/m0/s1. The number of thioether (sulfide) groups is 1. The third-order valence-corrected chi connectivity index (χ3v) is 5.22. The molecule has 136 valence electrons. The van der Waals surface area contributed by atoms with E-state index >= 15 is 0 Å². The molecule has 1 fully saturated rings. The van der Waals surface area contributed by atoms with Crippen LogP contribution in [0.15, 0.2) is 28.7 Å². The minimum Gasteiger partial charge on any atom is -0.467 e. The lowest BCUT2D eigenvalue weighted by atomic mass is 10.1. The number of amides is 2. The molecule has 1 aliphatic heterocycles. The number of anilines is 1. The van der Waals surface area contributed by atoms with E-state index in [0.717, 1.165) is 15.9 Å². The SMILES string of the molecule is COC(=O)[C@H](CCSC)NC(=O)C1CC(=O)N(c2ccc(Br)cc2)C1. The van der Waals surface area contributed by atoms with Crippen molar-refractivity contribution in [3.8, 4) is 0 Å². The molecule has 0 radical (unpaired) electrons. The van der Waals surface area contributed by atoms with E-state index in [2.05, 4.69) is 21.2 Å². The average Bonchev–Trinajstić information content (AvgIpc) is 3.00. The van der Waals surface area contributed by atoms with Crippen LogP contribution >= 0.6 is 27.7 Å². The van der Waals surface area contributed by atoms with Crippen LogP contribution in [0.25, 0.3) is 0 Å². The summed E-state index contributed by atoms with van der Waals surface area (Å²) in [6.45, 7) is 0.308. The number of benzene rings is 1. The monoisotopic (exact) mass is 428 g/mol. The highest BCUT2D eigenvalue weighted by atomic mass is 79.9. The molecule has 1 aromatic carbocycles. The topological polar surface area (TPSA) is 75.7 Å². The molecule has 0 bridgehead atoms. The first-order valence-electron chi connectivity index (χ1n) is 7.89. The summed E-state index contributed by atoms with van der Waals surface area (Å²) >= 11 is 4.95. The predicted molar refractivity (Wildman–Crippen MR) is 102 cm³/mol. The van der Waals surface area contributed by atoms with Gasteiger partial charge in [-0.05, 0) is 42.7 Å². The Morgan fingerprint density at radius 1 is 1.40 bits per heavy atom. The summed E-state index contributed by atoms with van der Waals surface area (Å²) in [5.74, 6) is -0.589. The Morgan fingerprint density at radius 3 is 2.68 bits per heavy atom. The van der Waals surface area contributed by atoms with Crippen molar-refractivity contribution < 1.29 is 19.1 Å². The molecule has 25 heavy (non-hydrogen) atoms. The van der Waals surface area contributed by atoms with E-state index in [1.165, 1.54) is 7.11 Å². The smallest absolute Gasteiger partial charge is 0.328 e. The first-order valence-corrected chi connectivity index (χ1v) is 10.1. The molecule has 1 aromatic rings. The fraction of sp³-hybridized carbons (Fsp3) is 0.471. The van der Waals surface area contributed by atoms with Gasteiger partial charge < -0.3 is 15.0 Å². The van der Waals surface area contributed by atoms with Crippen LogP contribution < -0.4 is 10.2 Å². The van der Waals surface area contributed by atoms with Crippen molar-refractivity contribution in [2.45, 2.75) is 18.9 Å². The Bertz CT molecular complexity index is 638. The van der Waals surface area contributed by atoms with Crippen molar-refractivity contribution in [1.82, 2.24) is 5.32 Å². The van der Waals surface area contributed by atoms with Gasteiger partial charge in [0.1, 0.15) is 6.04 Å². The van der Waals surface area contributed by atoms with Gasteiger partial charge in [0, 0.05) is 23.1 Å². The van der Waals surface area contributed by atoms with E-state index in [1.54, 1.807) is 16.7 Å². The van der Waals surface area contributed by atoms with Crippen molar-refractivity contribution in [3.05, 3.63) is 28.7 Å². The van der Waals surface area contributed by atoms with Gasteiger partial charge in [0.05, 0.1) is 13.0 Å². The fourth-order valence-corrected chi connectivity index (χ4v) is 3.41. The molecule has 0 aliphatic carbocycles. The molecule has 0 saturated carbocycles. The van der Waals surface area contributed by atoms with Crippen molar-refractivity contribution in [2.24, 2.45) is 5.92 Å². The van der Waals surface area contributed by atoms with E-state index in [-0.39, 0.29) is 18.2 Å². The fourth-order valence-electron chi connectivity index (χ4n) is 2.67. The Balaban J connectivity index is 2.01. The number of nitrogens with one attached hydrogen (secondary N) is 1. The summed E-state index contributed by atoms with van der Waals surface area (Å²) in [4.78, 5) is 38.2. The molecule has 0 spiro atoms. The van der Waals surface area contributed by atoms with Crippen LogP contribution in [-0.4, -0.2) is 49.5 Å². The van der Waals surface area contributed by atoms with Crippen molar-refractivity contribution in [1.29, 1.82) is 0 Å². The van der Waals surface area contributed by atoms with Crippen LogP contribution in [-0.2, 0) is 19.1 Å². The number of halogens is 1. The lowest BCUT2D eigenvalue weighted by Crippen LogP contribution is -2.45. The zero-order valence-corrected chi connectivity index (χ0v) is 16.6. The Hall–Kier alpha value is -1.54. The molecule has 2 atom stereocenters. The van der Waals surface area contributed by atoms with Crippen LogP contribution in [0.5, 0.6) is 0 Å². The highest BCUT2D eigenvalue weighted by Crippen LogP contribution is 2.26. The Morgan fingerprint density at radius 2 is 2.08 bits per heavy atom. The molecule has 6 nitrogen and oxygen atoms in total. The number of carbonyl (C=O) groups is 3. The second-order valence-electron chi connectivity index (χ2n) is 5.75. The van der Waals surface area contributed by atoms with Gasteiger partial charge in [0.15, 0.2) is 0 Å². The van der Waals surface area contributed by atoms with Crippen LogP contribution in [0.3, 0.4) is 0 Å². The molecule has 1 aliphatic rings. The summed E-state index contributed by atoms with van der Waals surface area (Å²) in [6, 6.07) is 6.69. The van der Waals surface area contributed by atoms with Gasteiger partial charge in [-0.1, -0.05) is 15.9 Å². The maximum absolute atomic E-state index is 12.5. The second kappa shape index (κ2) is 9.24. The number of ether oxygens (including phenoxy) is 1. The van der Waals surface area contributed by atoms with Gasteiger partial charge in [-0.25, -0.2) is 4.79 Å². The van der Waals surface area contributed by atoms with Crippen LogP contribution in [0.2, 0.25) is 0 Å². The van der Waals surface area contributed by atoms with E-state index in [0.29, 0.717) is 13.0 Å². The number of methoxy groups -OCH3 is 1. The maximum Gasteiger partial charge on any atom is 0.328 e. The molecule has 2 amide bonds.